The minimum Gasteiger partial charge on any atom is -0.468 e. The number of halogens is 27. The topological polar surface area (TPSA) is 104 Å². The van der Waals surface area contributed by atoms with Crippen molar-refractivity contribution in [2.75, 3.05) is 7.11 Å². The van der Waals surface area contributed by atoms with Gasteiger partial charge in [0, 0.05) is 160 Å². The number of aliphatic hydroxyl groups is 3. The summed E-state index contributed by atoms with van der Waals surface area (Å²) in [5, 5.41) is 28.8. The minimum absolute atomic E-state index is 0. The third-order valence-corrected chi connectivity index (χ3v) is 39.1. The van der Waals surface area contributed by atoms with Crippen molar-refractivity contribution in [3.8, 4) is 0 Å². The van der Waals surface area contributed by atoms with Crippen LogP contribution in [-0.4, -0.2) is 113 Å². The Morgan fingerprint density at radius 2 is 0.789 bits per heavy atom. The fourth-order valence-corrected chi connectivity index (χ4v) is 30.8. The molecule has 37 heteroatoms. The predicted octanol–water partition coefficient (Wildman–Crippen LogP) is 29.1. The molecule has 16 fully saturated rings. The van der Waals surface area contributed by atoms with Crippen molar-refractivity contribution in [3.05, 3.63) is 12.8 Å². The molecular formula is C96H145F27O6Y4-2. The molecule has 6 nitrogen and oxygen atoms in total. The van der Waals surface area contributed by atoms with Crippen molar-refractivity contribution in [1.82, 2.24) is 0 Å². The number of ketones is 1. The summed E-state index contributed by atoms with van der Waals surface area (Å²) < 4.78 is 358. The van der Waals surface area contributed by atoms with Crippen LogP contribution in [0.5, 0.6) is 0 Å². The van der Waals surface area contributed by atoms with E-state index in [9.17, 15) is 143 Å². The SMILES string of the molecule is C.C.CC(=O)C1CC2CC1C(C)C2C.CC1C(C)C2CC1C1C3CC(C21)C(C(O)(C(F)F)C(F)(F)F)C3.CC1C2CC(C1C)C(C(O)(C(F)F)C(F)(F)F)C2.CC1C2CC(CC(C)(C(F)(F)F)C(F)(F)F)C(C2)C1C.CC1C2CC(CC(O)(C(F)(F)F)C(F)(F)F)C(C2)C1C.CC[CH-]CCC1CCC[CH-]C1CC.COC(=O)C1(C(F)(F)F)C2C3CC(C(C)C3C)C2C1(F)F.[Y].[Y].[Y].[Y]. The van der Waals surface area contributed by atoms with Gasteiger partial charge in [-0.1, -0.05) is 143 Å². The van der Waals surface area contributed by atoms with Crippen LogP contribution in [0.4, 0.5) is 119 Å². The first-order chi connectivity index (χ1) is 58.0. The van der Waals surface area contributed by atoms with E-state index in [1.165, 1.54) is 57.8 Å². The van der Waals surface area contributed by atoms with Crippen LogP contribution in [0.25, 0.3) is 0 Å². The molecule has 0 aromatic heterocycles. The van der Waals surface area contributed by atoms with Crippen molar-refractivity contribution in [1.29, 1.82) is 0 Å². The van der Waals surface area contributed by atoms with Gasteiger partial charge in [0.05, 0.1) is 7.11 Å². The number of esters is 1. The number of carbonyl (C=O) groups is 2. The Balaban J connectivity index is 0.000000325. The van der Waals surface area contributed by atoms with E-state index in [2.05, 4.69) is 66.0 Å². The van der Waals surface area contributed by atoms with Gasteiger partial charge < -0.3 is 32.9 Å². The molecule has 3 N–H and O–H groups in total. The second kappa shape index (κ2) is 45.7. The van der Waals surface area contributed by atoms with Gasteiger partial charge in [0.25, 0.3) is 24.4 Å². The Morgan fingerprint density at radius 3 is 1.15 bits per heavy atom. The number of alkyl halides is 27. The molecule has 40 unspecified atom stereocenters. The fraction of sp³-hybridized carbons (Fsp3) is 0.958. The Hall–Kier alpha value is 1.55. The van der Waals surface area contributed by atoms with Crippen LogP contribution < -0.4 is 0 Å². The van der Waals surface area contributed by atoms with Crippen LogP contribution >= 0.6 is 0 Å². The van der Waals surface area contributed by atoms with Crippen LogP contribution in [-0.2, 0) is 145 Å². The van der Waals surface area contributed by atoms with Gasteiger partial charge >= 0.3 is 49.2 Å². The zero-order valence-corrected chi connectivity index (χ0v) is 89.5. The molecule has 0 aromatic carbocycles. The van der Waals surface area contributed by atoms with Gasteiger partial charge in [-0.25, -0.2) is 26.3 Å². The summed E-state index contributed by atoms with van der Waals surface area (Å²) in [6, 6.07) is 0. The molecular weight excluding hydrogens is 2120 g/mol. The molecule has 14 bridgehead atoms. The third-order valence-electron chi connectivity index (χ3n) is 39.1. The maximum absolute atomic E-state index is 14.5. The summed E-state index contributed by atoms with van der Waals surface area (Å²) in [6.45, 7) is 30.9. The van der Waals surface area contributed by atoms with Gasteiger partial charge in [-0.2, -0.15) is 117 Å². The Labute approximate surface area is 871 Å². The molecule has 0 aliphatic heterocycles. The van der Waals surface area contributed by atoms with E-state index in [0.717, 1.165) is 55.5 Å². The zero-order chi connectivity index (χ0) is 96.1. The number of rotatable bonds is 15. The van der Waals surface area contributed by atoms with E-state index in [1.54, 1.807) is 20.8 Å². The first kappa shape index (κ1) is 127. The normalized spacial score (nSPS) is 42.2. The van der Waals surface area contributed by atoms with E-state index in [0.29, 0.717) is 104 Å². The van der Waals surface area contributed by atoms with Gasteiger partial charge in [0.2, 0.25) is 16.6 Å². The number of methoxy groups -OCH3 is 1. The molecule has 16 rings (SSSR count). The van der Waals surface area contributed by atoms with E-state index in [1.807, 2.05) is 34.6 Å². The summed E-state index contributed by atoms with van der Waals surface area (Å²) in [5.41, 5.74) is -19.5. The number of Topliss-reactive ketones (excluding diaryl/α,β-unsaturated/α-hetero) is 1. The second-order valence-corrected chi connectivity index (χ2v) is 43.6. The van der Waals surface area contributed by atoms with E-state index >= 15 is 0 Å². The number of carbonyl (C=O) groups excluding carboxylic acids is 2. The van der Waals surface area contributed by atoms with Crippen LogP contribution in [0.1, 0.15) is 260 Å². The monoisotopic (exact) mass is 2260 g/mol. The van der Waals surface area contributed by atoms with Crippen LogP contribution in [0.3, 0.4) is 0 Å². The number of unbranched alkanes of at least 4 members (excludes halogenated alkanes) is 2. The second-order valence-electron chi connectivity index (χ2n) is 43.6. The Bertz CT molecular complexity index is 3590. The fourth-order valence-electron chi connectivity index (χ4n) is 30.8. The molecule has 0 saturated heterocycles. The average molecular weight is 2260 g/mol. The summed E-state index contributed by atoms with van der Waals surface area (Å²) in [5.74, 6) is -4.16. The summed E-state index contributed by atoms with van der Waals surface area (Å²) >= 11 is 0. The van der Waals surface area contributed by atoms with Crippen LogP contribution in [0.2, 0.25) is 0 Å². The summed E-state index contributed by atoms with van der Waals surface area (Å²) in [6.07, 6.45) is -25.2. The molecule has 16 saturated carbocycles. The number of hydrogen-bond acceptors (Lipinski definition) is 6. The van der Waals surface area contributed by atoms with Gasteiger partial charge in [-0.05, 0) is 281 Å². The van der Waals surface area contributed by atoms with Gasteiger partial charge in [0.15, 0.2) is 5.41 Å². The number of fused-ring (bicyclic) bond motifs is 22. The van der Waals surface area contributed by atoms with E-state index < -0.39 is 168 Å². The van der Waals surface area contributed by atoms with Crippen molar-refractivity contribution >= 4 is 11.8 Å². The summed E-state index contributed by atoms with van der Waals surface area (Å²) in [4.78, 5) is 23.1. The number of ether oxygens (including phenoxy) is 1. The Kier molecular flexibility index (Phi) is 43.6. The molecule has 16 aliphatic carbocycles. The zero-order valence-electron chi connectivity index (χ0n) is 78.1. The molecule has 0 amide bonds. The summed E-state index contributed by atoms with van der Waals surface area (Å²) in [7, 11) is 0.735. The van der Waals surface area contributed by atoms with Gasteiger partial charge in [-0.3, -0.25) is 9.59 Å². The molecule has 133 heavy (non-hydrogen) atoms. The van der Waals surface area contributed by atoms with Crippen LogP contribution in [0.15, 0.2) is 0 Å². The largest absolute Gasteiger partial charge is 0.468 e. The quantitative estimate of drug-likeness (QED) is 0.0496. The third kappa shape index (κ3) is 22.4. The van der Waals surface area contributed by atoms with E-state index in [4.69, 9.17) is 0 Å². The molecule has 0 spiro atoms. The van der Waals surface area contributed by atoms with Crippen molar-refractivity contribution in [3.63, 3.8) is 0 Å². The molecule has 16 aliphatic rings. The standard InChI is InChI=1S/C17H23F5O.C14H20F6.C14H17F5O2.C13H18F6O.C13H24.C12H17F5O.C11H18O.2CH4.4Y/c1-6-7(2)10-5-9(6)13-8-3-11(14(10)13)12(4-8)16(23,15(18)19)17(20,21)22;1-7-8(2)11-5-9(7)4-10(11)6-12(3,13(15,16)17)14(18,19)20;1-5-6(2)8-4-7(5)9-10(8)13(15,16)12(9,11(20)21-3)14(17,18)19;1-6-7(2)10-4-8(6)3-9(10)5-11(20,12(14,15)16)13(17,18)19;1-3-5-6-10-13-11-8-7-9-12(13)4-2;1-5-6(2)8-3-7(5)4-9(8)11(18,10(13)14)12(15,16)17;1-6-7(2)10-4-9(6)5-11(10)8(3)12;;;;;;/h6-15,23H,3-5H2,1-2H3;7-11H,4-6H2,1-3H3;5-10H,4H2,1-3H3;6-10,20H,3-5H2,1-2H3;5,9,12-13H,3-4,6-8,10-11H2,1-2H3;5-10,18H,3-4H2,1-2H3;6-7,9-11H,4-5H2,1-3H3;2*1H4;;;;/q;;;;-2;;;;;;;;. The maximum atomic E-state index is 14.5. The first-order valence-electron chi connectivity index (χ1n) is 46.8. The first-order valence-corrected chi connectivity index (χ1v) is 46.8. The van der Waals surface area contributed by atoms with Crippen molar-refractivity contribution in [2.24, 2.45) is 230 Å². The maximum Gasteiger partial charge on any atom is 0.426 e. The average Bonchev–Trinajstić information content (AvgIpc) is 1.52. The van der Waals surface area contributed by atoms with Crippen molar-refractivity contribution < 1.29 is 279 Å². The predicted molar refractivity (Wildman–Crippen MR) is 435 cm³/mol. The van der Waals surface area contributed by atoms with Gasteiger partial charge in [0.1, 0.15) is 5.78 Å². The molecule has 768 valence electrons. The smallest absolute Gasteiger partial charge is 0.426 e. The van der Waals surface area contributed by atoms with E-state index in [-0.39, 0.29) is 230 Å². The van der Waals surface area contributed by atoms with Crippen LogP contribution in [0, 0.1) is 243 Å². The molecule has 40 atom stereocenters. The molecule has 0 heterocycles. The molecule has 4 radical (unpaired) electrons. The van der Waals surface area contributed by atoms with Gasteiger partial charge in [-0.15, -0.1) is 0 Å². The number of hydrogen-bond donors (Lipinski definition) is 3. The minimum atomic E-state index is -5.69. The van der Waals surface area contributed by atoms with Crippen molar-refractivity contribution in [2.45, 2.75) is 339 Å². The Morgan fingerprint density at radius 1 is 0.429 bits per heavy atom. The molecule has 0 aromatic rings.